The van der Waals surface area contributed by atoms with E-state index in [-0.39, 0.29) is 5.78 Å². The molecular formula is C17H25NO2. The lowest BCUT2D eigenvalue weighted by Crippen LogP contribution is -2.26. The van der Waals surface area contributed by atoms with E-state index in [1.807, 2.05) is 25.1 Å². The molecule has 0 bridgehead atoms. The number of aryl methyl sites for hydroxylation is 1. The molecule has 0 spiro atoms. The standard InChI is InChI=1S/C17H25NO2/c1-13(2)12-20-17-7-6-15(10-14(17)3)16(19)11-18-8-4-5-9-18/h6-7,10,13H,4-5,8-9,11-12H2,1-3H3. The SMILES string of the molecule is Cc1cc(C(=O)CN2CCCC2)ccc1OCC(C)C. The summed E-state index contributed by atoms with van der Waals surface area (Å²) in [5.74, 6) is 1.60. The molecule has 1 aliphatic heterocycles. The molecule has 0 atom stereocenters. The lowest BCUT2D eigenvalue weighted by molar-refractivity contribution is 0.0945. The maximum absolute atomic E-state index is 12.2. The first-order valence-corrected chi connectivity index (χ1v) is 7.55. The van der Waals surface area contributed by atoms with E-state index in [9.17, 15) is 4.79 Å². The van der Waals surface area contributed by atoms with E-state index >= 15 is 0 Å². The second-order valence-electron chi connectivity index (χ2n) is 6.09. The molecule has 0 aromatic heterocycles. The van der Waals surface area contributed by atoms with Crippen LogP contribution in [0.2, 0.25) is 0 Å². The maximum Gasteiger partial charge on any atom is 0.176 e. The molecule has 2 rings (SSSR count). The largest absolute Gasteiger partial charge is 0.493 e. The Morgan fingerprint density at radius 3 is 2.60 bits per heavy atom. The van der Waals surface area contributed by atoms with E-state index in [1.165, 1.54) is 12.8 Å². The smallest absolute Gasteiger partial charge is 0.176 e. The third-order valence-corrected chi connectivity index (χ3v) is 3.63. The van der Waals surface area contributed by atoms with Crippen LogP contribution in [-0.2, 0) is 0 Å². The Bertz CT molecular complexity index is 462. The first-order chi connectivity index (χ1) is 9.56. The molecule has 1 aromatic carbocycles. The number of Topliss-reactive ketones (excluding diaryl/α,β-unsaturated/α-hetero) is 1. The van der Waals surface area contributed by atoms with E-state index in [4.69, 9.17) is 4.74 Å². The molecule has 0 radical (unpaired) electrons. The number of ketones is 1. The van der Waals surface area contributed by atoms with Gasteiger partial charge in [0.1, 0.15) is 5.75 Å². The molecule has 0 aliphatic carbocycles. The van der Waals surface area contributed by atoms with Gasteiger partial charge >= 0.3 is 0 Å². The van der Waals surface area contributed by atoms with Gasteiger partial charge in [-0.15, -0.1) is 0 Å². The summed E-state index contributed by atoms with van der Waals surface area (Å²) in [6, 6.07) is 5.77. The Balaban J connectivity index is 1.98. The van der Waals surface area contributed by atoms with Crippen molar-refractivity contribution in [3.63, 3.8) is 0 Å². The molecule has 0 N–H and O–H groups in total. The van der Waals surface area contributed by atoms with E-state index in [2.05, 4.69) is 18.7 Å². The minimum Gasteiger partial charge on any atom is -0.493 e. The predicted molar refractivity (Wildman–Crippen MR) is 81.5 cm³/mol. The highest BCUT2D eigenvalue weighted by molar-refractivity contribution is 5.98. The predicted octanol–water partition coefficient (Wildman–Crippen LogP) is 3.31. The van der Waals surface area contributed by atoms with Crippen LogP contribution in [-0.4, -0.2) is 36.9 Å². The van der Waals surface area contributed by atoms with Crippen molar-refractivity contribution in [2.45, 2.75) is 33.6 Å². The van der Waals surface area contributed by atoms with Crippen molar-refractivity contribution in [2.75, 3.05) is 26.2 Å². The summed E-state index contributed by atoms with van der Waals surface area (Å²) in [5, 5.41) is 0. The topological polar surface area (TPSA) is 29.5 Å². The van der Waals surface area contributed by atoms with Crippen molar-refractivity contribution in [3.8, 4) is 5.75 Å². The van der Waals surface area contributed by atoms with Gasteiger partial charge in [0, 0.05) is 5.56 Å². The van der Waals surface area contributed by atoms with Crippen LogP contribution in [0.15, 0.2) is 18.2 Å². The third-order valence-electron chi connectivity index (χ3n) is 3.63. The molecule has 1 aromatic rings. The zero-order valence-corrected chi connectivity index (χ0v) is 12.8. The lowest BCUT2D eigenvalue weighted by Gasteiger charge is -2.15. The van der Waals surface area contributed by atoms with Crippen molar-refractivity contribution in [1.29, 1.82) is 0 Å². The third kappa shape index (κ3) is 4.07. The fourth-order valence-corrected chi connectivity index (χ4v) is 2.48. The molecule has 0 amide bonds. The van der Waals surface area contributed by atoms with Gasteiger partial charge in [-0.2, -0.15) is 0 Å². The first-order valence-electron chi connectivity index (χ1n) is 7.55. The molecule has 20 heavy (non-hydrogen) atoms. The number of carbonyl (C=O) groups excluding carboxylic acids is 1. The quantitative estimate of drug-likeness (QED) is 0.746. The van der Waals surface area contributed by atoms with Gasteiger partial charge in [0.25, 0.3) is 0 Å². The number of carbonyl (C=O) groups is 1. The van der Waals surface area contributed by atoms with Crippen LogP contribution in [0.4, 0.5) is 0 Å². The average molecular weight is 275 g/mol. The van der Waals surface area contributed by atoms with Gasteiger partial charge in [-0.3, -0.25) is 9.69 Å². The molecule has 1 aliphatic rings. The Morgan fingerprint density at radius 2 is 2.00 bits per heavy atom. The van der Waals surface area contributed by atoms with E-state index < -0.39 is 0 Å². The minimum absolute atomic E-state index is 0.213. The van der Waals surface area contributed by atoms with Crippen molar-refractivity contribution in [1.82, 2.24) is 4.90 Å². The van der Waals surface area contributed by atoms with Crippen LogP contribution in [0.1, 0.15) is 42.6 Å². The fraction of sp³-hybridized carbons (Fsp3) is 0.588. The Labute approximate surface area is 121 Å². The van der Waals surface area contributed by atoms with Crippen LogP contribution in [0.25, 0.3) is 0 Å². The van der Waals surface area contributed by atoms with Gasteiger partial charge in [-0.05, 0) is 62.5 Å². The summed E-state index contributed by atoms with van der Waals surface area (Å²) in [7, 11) is 0. The van der Waals surface area contributed by atoms with Gasteiger partial charge < -0.3 is 4.74 Å². The number of benzene rings is 1. The van der Waals surface area contributed by atoms with Crippen LogP contribution in [0, 0.1) is 12.8 Å². The Morgan fingerprint density at radius 1 is 1.30 bits per heavy atom. The average Bonchev–Trinajstić information content (AvgIpc) is 2.89. The number of hydrogen-bond donors (Lipinski definition) is 0. The summed E-state index contributed by atoms with van der Waals surface area (Å²) in [6.07, 6.45) is 2.43. The molecular weight excluding hydrogens is 250 g/mol. The van der Waals surface area contributed by atoms with E-state index in [0.29, 0.717) is 19.1 Å². The van der Waals surface area contributed by atoms with Crippen molar-refractivity contribution < 1.29 is 9.53 Å². The monoisotopic (exact) mass is 275 g/mol. The summed E-state index contributed by atoms with van der Waals surface area (Å²) in [5.41, 5.74) is 1.84. The first kappa shape index (κ1) is 15.0. The fourth-order valence-electron chi connectivity index (χ4n) is 2.48. The highest BCUT2D eigenvalue weighted by Crippen LogP contribution is 2.20. The van der Waals surface area contributed by atoms with Gasteiger partial charge in [0.05, 0.1) is 13.2 Å². The molecule has 0 unspecified atom stereocenters. The normalized spacial score (nSPS) is 15.8. The van der Waals surface area contributed by atoms with Crippen molar-refractivity contribution in [3.05, 3.63) is 29.3 Å². The number of ether oxygens (including phenoxy) is 1. The van der Waals surface area contributed by atoms with Crippen LogP contribution in [0.5, 0.6) is 5.75 Å². The molecule has 3 nitrogen and oxygen atoms in total. The maximum atomic E-state index is 12.2. The Kier molecular flexibility index (Phi) is 5.18. The highest BCUT2D eigenvalue weighted by atomic mass is 16.5. The zero-order valence-electron chi connectivity index (χ0n) is 12.8. The molecule has 3 heteroatoms. The van der Waals surface area contributed by atoms with Crippen molar-refractivity contribution in [2.24, 2.45) is 5.92 Å². The molecule has 0 saturated carbocycles. The van der Waals surface area contributed by atoms with Gasteiger partial charge in [0.15, 0.2) is 5.78 Å². The zero-order chi connectivity index (χ0) is 14.5. The van der Waals surface area contributed by atoms with Crippen molar-refractivity contribution >= 4 is 5.78 Å². The van der Waals surface area contributed by atoms with E-state index in [0.717, 1.165) is 30.0 Å². The number of likely N-dealkylation sites (tertiary alicyclic amines) is 1. The molecule has 1 fully saturated rings. The molecule has 1 heterocycles. The summed E-state index contributed by atoms with van der Waals surface area (Å²) in [4.78, 5) is 14.5. The number of rotatable bonds is 6. The summed E-state index contributed by atoms with van der Waals surface area (Å²) >= 11 is 0. The highest BCUT2D eigenvalue weighted by Gasteiger charge is 2.16. The second-order valence-corrected chi connectivity index (χ2v) is 6.09. The minimum atomic E-state index is 0.213. The number of nitrogens with zero attached hydrogens (tertiary/aromatic N) is 1. The van der Waals surface area contributed by atoms with Crippen LogP contribution in [0.3, 0.4) is 0 Å². The van der Waals surface area contributed by atoms with Gasteiger partial charge in [-0.1, -0.05) is 13.8 Å². The van der Waals surface area contributed by atoms with Crippen LogP contribution >= 0.6 is 0 Å². The molecule has 110 valence electrons. The lowest BCUT2D eigenvalue weighted by atomic mass is 10.1. The summed E-state index contributed by atoms with van der Waals surface area (Å²) < 4.78 is 5.74. The molecule has 1 saturated heterocycles. The van der Waals surface area contributed by atoms with Gasteiger partial charge in [-0.25, -0.2) is 0 Å². The second kappa shape index (κ2) is 6.89. The Hall–Kier alpha value is -1.35. The van der Waals surface area contributed by atoms with E-state index in [1.54, 1.807) is 0 Å². The van der Waals surface area contributed by atoms with Crippen LogP contribution < -0.4 is 4.74 Å². The van der Waals surface area contributed by atoms with Gasteiger partial charge in [0.2, 0.25) is 0 Å². The number of hydrogen-bond acceptors (Lipinski definition) is 3. The summed E-state index contributed by atoms with van der Waals surface area (Å²) in [6.45, 7) is 9.63.